The summed E-state index contributed by atoms with van der Waals surface area (Å²) in [5.74, 6) is 11.4. The average Bonchev–Trinajstić information content (AvgIpc) is 3.22. The molecule has 2 heterocycles. The van der Waals surface area contributed by atoms with Gasteiger partial charge in [-0.25, -0.2) is 0 Å². The predicted molar refractivity (Wildman–Crippen MR) is 77.6 cm³/mol. The van der Waals surface area contributed by atoms with E-state index < -0.39 is 0 Å². The smallest absolute Gasteiger partial charge is 0.0352 e. The SMILES string of the molecule is C1=CN2CC1C1CC3C4CC(C5C6CCC(C6)C45)C3C12. The molecule has 11 unspecified atom stereocenters. The maximum atomic E-state index is 2.78. The third-order valence-electron chi connectivity index (χ3n) is 9.38. The van der Waals surface area contributed by atoms with Crippen LogP contribution < -0.4 is 0 Å². The maximum Gasteiger partial charge on any atom is 0.0352 e. The molecule has 0 amide bonds. The molecule has 1 saturated heterocycles. The molecule has 106 valence electrons. The van der Waals surface area contributed by atoms with Crippen molar-refractivity contribution in [1.82, 2.24) is 4.90 Å². The molecular formula is C19H25N. The van der Waals surface area contributed by atoms with Gasteiger partial charge in [-0.3, -0.25) is 0 Å². The first-order valence-corrected chi connectivity index (χ1v) is 9.34. The minimum Gasteiger partial charge on any atom is -0.374 e. The van der Waals surface area contributed by atoms with Gasteiger partial charge in [-0.15, -0.1) is 0 Å². The Morgan fingerprint density at radius 1 is 0.750 bits per heavy atom. The lowest BCUT2D eigenvalue weighted by molar-refractivity contribution is 0.0489. The van der Waals surface area contributed by atoms with Crippen LogP contribution in [0.3, 0.4) is 0 Å². The van der Waals surface area contributed by atoms with Gasteiger partial charge in [0.2, 0.25) is 0 Å². The van der Waals surface area contributed by atoms with Crippen LogP contribution in [0.4, 0.5) is 0 Å². The lowest BCUT2D eigenvalue weighted by atomic mass is 9.64. The van der Waals surface area contributed by atoms with E-state index in [1.807, 2.05) is 0 Å². The largest absolute Gasteiger partial charge is 0.374 e. The molecule has 7 aliphatic rings. The zero-order chi connectivity index (χ0) is 12.6. The highest BCUT2D eigenvalue weighted by atomic mass is 15.2. The molecule has 5 aliphatic carbocycles. The van der Waals surface area contributed by atoms with Crippen molar-refractivity contribution >= 4 is 0 Å². The van der Waals surface area contributed by atoms with Gasteiger partial charge in [0.1, 0.15) is 0 Å². The monoisotopic (exact) mass is 267 g/mol. The van der Waals surface area contributed by atoms with Crippen LogP contribution in [-0.2, 0) is 0 Å². The Kier molecular flexibility index (Phi) is 1.55. The van der Waals surface area contributed by atoms with Crippen molar-refractivity contribution in [2.24, 2.45) is 59.2 Å². The van der Waals surface area contributed by atoms with Crippen LogP contribution in [0.2, 0.25) is 0 Å². The first kappa shape index (κ1) is 10.3. The Labute approximate surface area is 121 Å². The Morgan fingerprint density at radius 3 is 2.40 bits per heavy atom. The molecule has 2 aliphatic heterocycles. The van der Waals surface area contributed by atoms with Crippen molar-refractivity contribution in [3.63, 3.8) is 0 Å². The van der Waals surface area contributed by atoms with Gasteiger partial charge in [0, 0.05) is 18.5 Å². The number of hydrogen-bond donors (Lipinski definition) is 0. The second-order valence-corrected chi connectivity index (χ2v) is 9.38. The summed E-state index contributed by atoms with van der Waals surface area (Å²) in [4.78, 5) is 2.78. The van der Waals surface area contributed by atoms with Crippen molar-refractivity contribution in [3.8, 4) is 0 Å². The van der Waals surface area contributed by atoms with E-state index in [0.717, 1.165) is 35.6 Å². The van der Waals surface area contributed by atoms with E-state index in [2.05, 4.69) is 17.2 Å². The zero-order valence-electron chi connectivity index (χ0n) is 12.2. The molecule has 0 aromatic carbocycles. The molecule has 5 saturated carbocycles. The van der Waals surface area contributed by atoms with E-state index in [4.69, 9.17) is 0 Å². The molecule has 1 heteroatoms. The Bertz CT molecular complexity index is 524. The second kappa shape index (κ2) is 3.01. The molecule has 0 radical (unpaired) electrons. The van der Waals surface area contributed by atoms with E-state index in [1.54, 1.807) is 32.1 Å². The van der Waals surface area contributed by atoms with Gasteiger partial charge in [0.25, 0.3) is 0 Å². The van der Waals surface area contributed by atoms with Crippen LogP contribution in [-0.4, -0.2) is 17.5 Å². The topological polar surface area (TPSA) is 3.24 Å². The van der Waals surface area contributed by atoms with Crippen LogP contribution >= 0.6 is 0 Å². The highest BCUT2D eigenvalue weighted by Crippen LogP contribution is 2.74. The molecule has 20 heavy (non-hydrogen) atoms. The van der Waals surface area contributed by atoms with Crippen molar-refractivity contribution in [3.05, 3.63) is 12.3 Å². The number of nitrogens with zero attached hydrogens (tertiary/aromatic N) is 1. The van der Waals surface area contributed by atoms with Crippen LogP contribution in [0.1, 0.15) is 32.1 Å². The molecule has 7 rings (SSSR count). The summed E-state index contributed by atoms with van der Waals surface area (Å²) in [5.41, 5.74) is 0. The van der Waals surface area contributed by atoms with Crippen LogP contribution in [0.15, 0.2) is 12.3 Å². The fourth-order valence-electron chi connectivity index (χ4n) is 9.31. The van der Waals surface area contributed by atoms with E-state index in [0.29, 0.717) is 0 Å². The third kappa shape index (κ3) is 0.887. The molecule has 0 spiro atoms. The number of hydrogen-bond acceptors (Lipinski definition) is 1. The van der Waals surface area contributed by atoms with Crippen LogP contribution in [0, 0.1) is 59.2 Å². The van der Waals surface area contributed by atoms with Gasteiger partial charge in [0.15, 0.2) is 0 Å². The van der Waals surface area contributed by atoms with E-state index in [1.165, 1.54) is 36.1 Å². The van der Waals surface area contributed by atoms with Gasteiger partial charge >= 0.3 is 0 Å². The maximum absolute atomic E-state index is 2.78. The summed E-state index contributed by atoms with van der Waals surface area (Å²) in [6.45, 7) is 1.39. The molecule has 0 aromatic rings. The molecule has 0 N–H and O–H groups in total. The average molecular weight is 267 g/mol. The summed E-state index contributed by atoms with van der Waals surface area (Å²) < 4.78 is 0. The minimum absolute atomic E-state index is 0.946. The molecule has 1 nitrogen and oxygen atoms in total. The van der Waals surface area contributed by atoms with Gasteiger partial charge in [-0.2, -0.15) is 0 Å². The number of rotatable bonds is 0. The lowest BCUT2D eigenvalue weighted by Crippen LogP contribution is -2.43. The van der Waals surface area contributed by atoms with Crippen LogP contribution in [0.25, 0.3) is 0 Å². The fourth-order valence-corrected chi connectivity index (χ4v) is 9.31. The minimum atomic E-state index is 0.946. The molecular weight excluding hydrogens is 242 g/mol. The van der Waals surface area contributed by atoms with E-state index in [-0.39, 0.29) is 0 Å². The van der Waals surface area contributed by atoms with Crippen LogP contribution in [0.5, 0.6) is 0 Å². The summed E-state index contributed by atoms with van der Waals surface area (Å²) >= 11 is 0. The normalized spacial score (nSPS) is 70.0. The van der Waals surface area contributed by atoms with Crippen molar-refractivity contribution < 1.29 is 0 Å². The van der Waals surface area contributed by atoms with Crippen molar-refractivity contribution in [2.75, 3.05) is 6.54 Å². The quantitative estimate of drug-likeness (QED) is 0.608. The molecule has 11 atom stereocenters. The molecule has 0 aromatic heterocycles. The van der Waals surface area contributed by atoms with Gasteiger partial charge in [-0.1, -0.05) is 6.08 Å². The van der Waals surface area contributed by atoms with Gasteiger partial charge < -0.3 is 4.90 Å². The Morgan fingerprint density at radius 2 is 1.50 bits per heavy atom. The predicted octanol–water partition coefficient (Wildman–Crippen LogP) is 3.38. The first-order valence-electron chi connectivity index (χ1n) is 9.34. The summed E-state index contributed by atoms with van der Waals surface area (Å²) in [6.07, 6.45) is 13.1. The van der Waals surface area contributed by atoms with Gasteiger partial charge in [-0.05, 0) is 91.6 Å². The Balaban J connectivity index is 1.33. The lowest BCUT2D eigenvalue weighted by Gasteiger charge is -2.43. The molecule has 6 fully saturated rings. The van der Waals surface area contributed by atoms with Crippen molar-refractivity contribution in [1.29, 1.82) is 0 Å². The standard InChI is InChI=1S/C19H25N/c1-2-10-5-9(1)16-13-7-15(17(10)16)18-14(13)6-12-11-3-4-20(8-11)19(12)18/h3-4,9-19H,1-2,5-8H2. The fraction of sp³-hybridized carbons (Fsp3) is 0.895. The number of fused-ring (bicyclic) bond motifs is 18. The summed E-state index contributed by atoms with van der Waals surface area (Å²) in [6, 6.07) is 0.991. The Hall–Kier alpha value is -0.460. The zero-order valence-corrected chi connectivity index (χ0v) is 12.2. The summed E-state index contributed by atoms with van der Waals surface area (Å²) in [7, 11) is 0. The van der Waals surface area contributed by atoms with E-state index >= 15 is 0 Å². The van der Waals surface area contributed by atoms with Crippen molar-refractivity contribution in [2.45, 2.75) is 38.1 Å². The summed E-state index contributed by atoms with van der Waals surface area (Å²) in [5, 5.41) is 0. The second-order valence-electron chi connectivity index (χ2n) is 9.38. The van der Waals surface area contributed by atoms with Gasteiger partial charge in [0.05, 0.1) is 0 Å². The highest BCUT2D eigenvalue weighted by molar-refractivity contribution is 5.24. The third-order valence-corrected chi connectivity index (χ3v) is 9.38. The first-order chi connectivity index (χ1) is 9.90. The highest BCUT2D eigenvalue weighted by Gasteiger charge is 2.70. The molecule has 6 bridgehead atoms. The van der Waals surface area contributed by atoms with E-state index in [9.17, 15) is 0 Å².